The molecule has 1 amide bonds. The summed E-state index contributed by atoms with van der Waals surface area (Å²) in [6.45, 7) is 10.1. The molecule has 2 heterocycles. The van der Waals surface area contributed by atoms with E-state index < -0.39 is 0 Å². The number of nitrogens with zero attached hydrogens (tertiary/aromatic N) is 2. The first-order valence-corrected chi connectivity index (χ1v) is 12.3. The zero-order chi connectivity index (χ0) is 22.6. The van der Waals surface area contributed by atoms with Gasteiger partial charge in [0, 0.05) is 30.2 Å². The third kappa shape index (κ3) is 5.85. The Bertz CT molecular complexity index is 894. The molecule has 0 N–H and O–H groups in total. The van der Waals surface area contributed by atoms with Gasteiger partial charge in [-0.25, -0.2) is 0 Å². The fraction of sp³-hybridized carbons (Fsp3) is 0.519. The van der Waals surface area contributed by atoms with Crippen LogP contribution in [0.3, 0.4) is 0 Å². The van der Waals surface area contributed by atoms with Crippen LogP contribution >= 0.6 is 11.6 Å². The van der Waals surface area contributed by atoms with Crippen molar-refractivity contribution in [1.82, 2.24) is 9.80 Å². The number of amides is 1. The van der Waals surface area contributed by atoms with Gasteiger partial charge in [-0.2, -0.15) is 0 Å². The van der Waals surface area contributed by atoms with Crippen LogP contribution in [0.25, 0.3) is 0 Å². The van der Waals surface area contributed by atoms with E-state index in [1.807, 2.05) is 17.0 Å². The minimum absolute atomic E-state index is 0.133. The van der Waals surface area contributed by atoms with Crippen molar-refractivity contribution in [3.63, 3.8) is 0 Å². The largest absolute Gasteiger partial charge is 0.493 e. The predicted octanol–water partition coefficient (Wildman–Crippen LogP) is 5.89. The number of piperidine rings is 2. The van der Waals surface area contributed by atoms with Crippen LogP contribution in [0, 0.1) is 11.3 Å². The van der Waals surface area contributed by atoms with Crippen LogP contribution < -0.4 is 4.74 Å². The predicted molar refractivity (Wildman–Crippen MR) is 130 cm³/mol. The number of hydrogen-bond acceptors (Lipinski definition) is 3. The summed E-state index contributed by atoms with van der Waals surface area (Å²) in [5.74, 6) is 1.64. The Morgan fingerprint density at radius 2 is 1.66 bits per heavy atom. The number of hydrogen-bond donors (Lipinski definition) is 0. The second-order valence-electron chi connectivity index (χ2n) is 9.93. The number of rotatable bonds is 6. The summed E-state index contributed by atoms with van der Waals surface area (Å²) < 4.78 is 5.90. The lowest BCUT2D eigenvalue weighted by atomic mass is 9.71. The molecule has 0 aliphatic carbocycles. The molecular weight excluding hydrogens is 420 g/mol. The summed E-state index contributed by atoms with van der Waals surface area (Å²) in [5, 5.41) is 0.667. The molecule has 2 aromatic carbocycles. The quantitative estimate of drug-likeness (QED) is 0.545. The molecule has 2 aliphatic heterocycles. The zero-order valence-corrected chi connectivity index (χ0v) is 20.1. The van der Waals surface area contributed by atoms with Crippen molar-refractivity contribution in [2.75, 3.05) is 32.8 Å². The molecule has 0 atom stereocenters. The van der Waals surface area contributed by atoms with Crippen LogP contribution in [-0.2, 0) is 6.54 Å². The van der Waals surface area contributed by atoms with Gasteiger partial charge in [0.05, 0.1) is 6.61 Å². The van der Waals surface area contributed by atoms with Crippen LogP contribution in [0.4, 0.5) is 0 Å². The standard InChI is InChI=1S/C27H35ClN2O2/c1-21(2)20-32-25-5-3-4-22(18-25)19-29-14-10-27(11-15-29)12-16-30(17-13-27)26(31)23-6-8-24(28)9-7-23/h3-9,18,21H,10-17,19-20H2,1-2H3. The van der Waals surface area contributed by atoms with Gasteiger partial charge in [0.1, 0.15) is 5.75 Å². The monoisotopic (exact) mass is 454 g/mol. The molecule has 0 unspecified atom stereocenters. The maximum Gasteiger partial charge on any atom is 0.253 e. The molecule has 4 nitrogen and oxygen atoms in total. The summed E-state index contributed by atoms with van der Waals surface area (Å²) in [6.07, 6.45) is 4.66. The molecule has 1 spiro atoms. The van der Waals surface area contributed by atoms with E-state index in [2.05, 4.69) is 43.0 Å². The van der Waals surface area contributed by atoms with Crippen molar-refractivity contribution in [2.45, 2.75) is 46.1 Å². The molecule has 2 aliphatic rings. The first kappa shape index (κ1) is 23.1. The zero-order valence-electron chi connectivity index (χ0n) is 19.4. The van der Waals surface area contributed by atoms with Crippen LogP contribution in [0.1, 0.15) is 55.5 Å². The van der Waals surface area contributed by atoms with E-state index in [1.54, 1.807) is 12.1 Å². The molecule has 0 bridgehead atoms. The van der Waals surface area contributed by atoms with E-state index in [0.29, 0.717) is 16.4 Å². The molecule has 2 saturated heterocycles. The van der Waals surface area contributed by atoms with E-state index in [9.17, 15) is 4.79 Å². The van der Waals surface area contributed by atoms with Crippen LogP contribution in [0.2, 0.25) is 5.02 Å². The normalized spacial score (nSPS) is 18.8. The fourth-order valence-corrected chi connectivity index (χ4v) is 5.03. The molecule has 32 heavy (non-hydrogen) atoms. The Labute approximate surface area is 197 Å². The van der Waals surface area contributed by atoms with Gasteiger partial charge in [-0.1, -0.05) is 37.6 Å². The van der Waals surface area contributed by atoms with Crippen molar-refractivity contribution >= 4 is 17.5 Å². The Morgan fingerprint density at radius 1 is 1.00 bits per heavy atom. The number of carbonyl (C=O) groups excluding carboxylic acids is 1. The molecule has 0 saturated carbocycles. The first-order chi connectivity index (χ1) is 15.4. The van der Waals surface area contributed by atoms with Crippen LogP contribution in [-0.4, -0.2) is 48.5 Å². The second-order valence-corrected chi connectivity index (χ2v) is 10.4. The summed E-state index contributed by atoms with van der Waals surface area (Å²) >= 11 is 5.96. The minimum atomic E-state index is 0.133. The summed E-state index contributed by atoms with van der Waals surface area (Å²) in [7, 11) is 0. The molecule has 2 fully saturated rings. The van der Waals surface area contributed by atoms with E-state index in [0.717, 1.165) is 63.5 Å². The van der Waals surface area contributed by atoms with Crippen molar-refractivity contribution in [3.05, 3.63) is 64.7 Å². The third-order valence-corrected chi connectivity index (χ3v) is 7.26. The average molecular weight is 455 g/mol. The van der Waals surface area contributed by atoms with E-state index in [-0.39, 0.29) is 5.91 Å². The van der Waals surface area contributed by atoms with Crippen molar-refractivity contribution < 1.29 is 9.53 Å². The smallest absolute Gasteiger partial charge is 0.253 e. The number of ether oxygens (including phenoxy) is 1. The minimum Gasteiger partial charge on any atom is -0.493 e. The Balaban J connectivity index is 1.26. The second kappa shape index (κ2) is 10.3. The van der Waals surface area contributed by atoms with Crippen LogP contribution in [0.5, 0.6) is 5.75 Å². The average Bonchev–Trinajstić information content (AvgIpc) is 2.80. The van der Waals surface area contributed by atoms with Gasteiger partial charge in [-0.3, -0.25) is 9.69 Å². The topological polar surface area (TPSA) is 32.8 Å². The maximum atomic E-state index is 12.8. The fourth-order valence-electron chi connectivity index (χ4n) is 4.90. The Morgan fingerprint density at radius 3 is 2.31 bits per heavy atom. The number of benzene rings is 2. The van der Waals surface area contributed by atoms with Gasteiger partial charge in [0.2, 0.25) is 0 Å². The highest BCUT2D eigenvalue weighted by Crippen LogP contribution is 2.41. The van der Waals surface area contributed by atoms with Gasteiger partial charge in [-0.15, -0.1) is 0 Å². The summed E-state index contributed by atoms with van der Waals surface area (Å²) in [6, 6.07) is 15.8. The van der Waals surface area contributed by atoms with Crippen molar-refractivity contribution in [2.24, 2.45) is 11.3 Å². The van der Waals surface area contributed by atoms with E-state index in [4.69, 9.17) is 16.3 Å². The van der Waals surface area contributed by atoms with Gasteiger partial charge < -0.3 is 9.64 Å². The molecular formula is C27H35ClN2O2. The Kier molecular flexibility index (Phi) is 7.42. The van der Waals surface area contributed by atoms with Gasteiger partial charge in [0.15, 0.2) is 0 Å². The molecule has 0 radical (unpaired) electrons. The number of carbonyl (C=O) groups is 1. The third-order valence-electron chi connectivity index (χ3n) is 7.01. The number of likely N-dealkylation sites (tertiary alicyclic amines) is 2. The molecule has 172 valence electrons. The van der Waals surface area contributed by atoms with Crippen LogP contribution in [0.15, 0.2) is 48.5 Å². The highest BCUT2D eigenvalue weighted by molar-refractivity contribution is 6.30. The van der Waals surface area contributed by atoms with E-state index >= 15 is 0 Å². The molecule has 4 rings (SSSR count). The summed E-state index contributed by atoms with van der Waals surface area (Å²) in [4.78, 5) is 17.4. The summed E-state index contributed by atoms with van der Waals surface area (Å²) in [5.41, 5.74) is 2.46. The highest BCUT2D eigenvalue weighted by Gasteiger charge is 2.38. The van der Waals surface area contributed by atoms with Gasteiger partial charge in [0.25, 0.3) is 5.91 Å². The van der Waals surface area contributed by atoms with Gasteiger partial charge in [-0.05, 0) is 92.1 Å². The van der Waals surface area contributed by atoms with E-state index in [1.165, 1.54) is 18.4 Å². The highest BCUT2D eigenvalue weighted by atomic mass is 35.5. The lowest BCUT2D eigenvalue weighted by Gasteiger charge is -2.47. The van der Waals surface area contributed by atoms with Crippen molar-refractivity contribution in [1.29, 1.82) is 0 Å². The van der Waals surface area contributed by atoms with Crippen molar-refractivity contribution in [3.8, 4) is 5.75 Å². The SMILES string of the molecule is CC(C)COc1cccc(CN2CCC3(CC2)CCN(C(=O)c2ccc(Cl)cc2)CC3)c1. The lowest BCUT2D eigenvalue weighted by Crippen LogP contribution is -2.48. The molecule has 2 aromatic rings. The first-order valence-electron chi connectivity index (χ1n) is 11.9. The maximum absolute atomic E-state index is 12.8. The lowest BCUT2D eigenvalue weighted by molar-refractivity contribution is 0.0285. The Hall–Kier alpha value is -2.04. The van der Waals surface area contributed by atoms with Gasteiger partial charge >= 0.3 is 0 Å². The number of halogens is 1. The molecule has 0 aromatic heterocycles. The molecule has 5 heteroatoms.